The predicted molar refractivity (Wildman–Crippen MR) is 139 cm³/mol. The molecule has 0 spiro atoms. The minimum Gasteiger partial charge on any atom is -0.367 e. The molecule has 3 aromatic rings. The molecule has 1 aliphatic rings. The van der Waals surface area contributed by atoms with Crippen molar-refractivity contribution in [3.63, 3.8) is 0 Å². The number of benzene rings is 3. The minimum atomic E-state index is -1.03. The van der Waals surface area contributed by atoms with Gasteiger partial charge in [0.15, 0.2) is 0 Å². The van der Waals surface area contributed by atoms with Crippen LogP contribution in [0, 0.1) is 18.6 Å². The van der Waals surface area contributed by atoms with E-state index in [9.17, 15) is 18.4 Å². The lowest BCUT2D eigenvalue weighted by Gasteiger charge is -2.34. The van der Waals surface area contributed by atoms with Gasteiger partial charge in [0.05, 0.1) is 6.61 Å². The van der Waals surface area contributed by atoms with Crippen molar-refractivity contribution in [2.45, 2.75) is 57.7 Å². The fourth-order valence-electron chi connectivity index (χ4n) is 4.81. The van der Waals surface area contributed by atoms with Crippen LogP contribution in [0.2, 0.25) is 0 Å². The molecule has 1 saturated carbocycles. The zero-order valence-corrected chi connectivity index (χ0v) is 21.0. The highest BCUT2D eigenvalue weighted by atomic mass is 19.1. The number of anilines is 1. The van der Waals surface area contributed by atoms with Crippen molar-refractivity contribution in [1.29, 1.82) is 0 Å². The third kappa shape index (κ3) is 6.80. The van der Waals surface area contributed by atoms with Gasteiger partial charge in [0.2, 0.25) is 5.91 Å². The van der Waals surface area contributed by atoms with Gasteiger partial charge in [0.25, 0.3) is 5.91 Å². The second kappa shape index (κ2) is 12.6. The third-order valence-corrected chi connectivity index (χ3v) is 6.74. The number of nitrogens with one attached hydrogen (secondary N) is 1. The molecule has 0 bridgehead atoms. The maximum absolute atomic E-state index is 14.3. The Labute approximate surface area is 216 Å². The van der Waals surface area contributed by atoms with Crippen molar-refractivity contribution in [1.82, 2.24) is 5.32 Å². The number of rotatable bonds is 9. The molecule has 0 radical (unpaired) electrons. The van der Waals surface area contributed by atoms with Gasteiger partial charge in [0, 0.05) is 17.3 Å². The van der Waals surface area contributed by atoms with E-state index < -0.39 is 30.2 Å². The zero-order chi connectivity index (χ0) is 26.2. The Morgan fingerprint density at radius 2 is 1.70 bits per heavy atom. The van der Waals surface area contributed by atoms with Crippen LogP contribution in [0.3, 0.4) is 0 Å². The van der Waals surface area contributed by atoms with E-state index in [0.29, 0.717) is 11.1 Å². The van der Waals surface area contributed by atoms with Crippen LogP contribution in [-0.4, -0.2) is 24.5 Å². The number of amides is 2. The summed E-state index contributed by atoms with van der Waals surface area (Å²) in [6.45, 7) is 1.35. The molecule has 1 aliphatic carbocycles. The number of aryl methyl sites for hydroxylation is 1. The Kier molecular flexibility index (Phi) is 9.01. The van der Waals surface area contributed by atoms with E-state index in [4.69, 9.17) is 4.74 Å². The molecule has 0 heterocycles. The van der Waals surface area contributed by atoms with Gasteiger partial charge >= 0.3 is 0 Å². The van der Waals surface area contributed by atoms with Crippen LogP contribution in [0.25, 0.3) is 0 Å². The van der Waals surface area contributed by atoms with Crippen molar-refractivity contribution >= 4 is 17.5 Å². The Morgan fingerprint density at radius 3 is 2.43 bits per heavy atom. The quantitative estimate of drug-likeness (QED) is 0.387. The molecule has 7 heteroatoms. The van der Waals surface area contributed by atoms with Crippen LogP contribution in [0.15, 0.2) is 72.8 Å². The second-order valence-electron chi connectivity index (χ2n) is 9.43. The topological polar surface area (TPSA) is 58.6 Å². The summed E-state index contributed by atoms with van der Waals surface area (Å²) in [6.07, 6.45) is 4.98. The molecule has 5 nitrogen and oxygen atoms in total. The molecule has 1 fully saturated rings. The first-order valence-electron chi connectivity index (χ1n) is 12.7. The summed E-state index contributed by atoms with van der Waals surface area (Å²) in [7, 11) is 0. The van der Waals surface area contributed by atoms with Crippen LogP contribution in [0.1, 0.15) is 54.8 Å². The summed E-state index contributed by atoms with van der Waals surface area (Å²) >= 11 is 0. The molecule has 1 N–H and O–H groups in total. The van der Waals surface area contributed by atoms with E-state index in [1.165, 1.54) is 29.2 Å². The Bertz CT molecular complexity index is 1230. The first kappa shape index (κ1) is 26.5. The molecular formula is C30H32F2N2O3. The van der Waals surface area contributed by atoms with Crippen LogP contribution in [0.4, 0.5) is 14.5 Å². The summed E-state index contributed by atoms with van der Waals surface area (Å²) in [5.74, 6) is -1.82. The lowest BCUT2D eigenvalue weighted by Crippen LogP contribution is -2.48. The van der Waals surface area contributed by atoms with E-state index in [1.54, 1.807) is 30.3 Å². The molecule has 0 aliphatic heterocycles. The van der Waals surface area contributed by atoms with E-state index in [-0.39, 0.29) is 24.2 Å². The van der Waals surface area contributed by atoms with Crippen LogP contribution >= 0.6 is 0 Å². The average Bonchev–Trinajstić information content (AvgIpc) is 2.89. The monoisotopic (exact) mass is 506 g/mol. The van der Waals surface area contributed by atoms with Gasteiger partial charge in [-0.3, -0.25) is 14.5 Å². The van der Waals surface area contributed by atoms with E-state index >= 15 is 0 Å². The fraction of sp³-hybridized carbons (Fsp3) is 0.333. The maximum atomic E-state index is 14.3. The predicted octanol–water partition coefficient (Wildman–Crippen LogP) is 6.01. The van der Waals surface area contributed by atoms with E-state index in [2.05, 4.69) is 5.32 Å². The van der Waals surface area contributed by atoms with Crippen LogP contribution in [-0.2, 0) is 20.9 Å². The van der Waals surface area contributed by atoms with E-state index in [0.717, 1.165) is 37.7 Å². The highest BCUT2D eigenvalue weighted by Gasteiger charge is 2.35. The van der Waals surface area contributed by atoms with Crippen molar-refractivity contribution in [2.75, 3.05) is 11.5 Å². The molecule has 37 heavy (non-hydrogen) atoms. The average molecular weight is 507 g/mol. The molecular weight excluding hydrogens is 474 g/mol. The normalized spacial score (nSPS) is 14.7. The molecule has 1 atom stereocenters. The lowest BCUT2D eigenvalue weighted by molar-refractivity contribution is -0.129. The summed E-state index contributed by atoms with van der Waals surface area (Å²) < 4.78 is 33.9. The number of carbonyl (C=O) groups is 2. The Morgan fingerprint density at radius 1 is 0.973 bits per heavy atom. The highest BCUT2D eigenvalue weighted by molar-refractivity contribution is 6.02. The molecule has 0 aromatic heterocycles. The van der Waals surface area contributed by atoms with Crippen molar-refractivity contribution in [2.24, 2.45) is 0 Å². The zero-order valence-electron chi connectivity index (χ0n) is 21.0. The van der Waals surface area contributed by atoms with Crippen molar-refractivity contribution < 1.29 is 23.1 Å². The van der Waals surface area contributed by atoms with E-state index in [1.807, 2.05) is 25.1 Å². The Balaban J connectivity index is 1.66. The van der Waals surface area contributed by atoms with Crippen molar-refractivity contribution in [3.05, 3.63) is 101 Å². The SMILES string of the molecule is Cc1ccccc1C(C(=O)NC1CCCCC1)N(C(=O)COCc1ccccc1F)c1cccc(F)c1. The molecule has 3 aromatic carbocycles. The number of carbonyl (C=O) groups excluding carboxylic acids is 2. The van der Waals surface area contributed by atoms with Crippen molar-refractivity contribution in [3.8, 4) is 0 Å². The molecule has 0 saturated heterocycles. The molecule has 194 valence electrons. The number of ether oxygens (including phenoxy) is 1. The number of nitrogens with zero attached hydrogens (tertiary/aromatic N) is 1. The minimum absolute atomic E-state index is 0.0227. The number of hydrogen-bond donors (Lipinski definition) is 1. The number of halogens is 2. The summed E-state index contributed by atoms with van der Waals surface area (Å²) in [5.41, 5.74) is 2.03. The van der Waals surface area contributed by atoms with Crippen LogP contribution in [0.5, 0.6) is 0 Å². The van der Waals surface area contributed by atoms with Gasteiger partial charge in [-0.05, 0) is 55.2 Å². The van der Waals surface area contributed by atoms with Gasteiger partial charge in [-0.2, -0.15) is 0 Å². The standard InChI is InChI=1S/C30H32F2N2O3/c1-21-10-5-7-16-26(21)29(30(36)33-24-13-3-2-4-14-24)34(25-15-9-12-23(31)18-25)28(35)20-37-19-22-11-6-8-17-27(22)32/h5-12,15-18,24,29H,2-4,13-14,19-20H2,1H3,(H,33,36). The smallest absolute Gasteiger partial charge is 0.254 e. The first-order chi connectivity index (χ1) is 17.9. The maximum Gasteiger partial charge on any atom is 0.254 e. The Hall–Kier alpha value is -3.58. The summed E-state index contributed by atoms with van der Waals surface area (Å²) in [5, 5.41) is 3.14. The second-order valence-corrected chi connectivity index (χ2v) is 9.43. The fourth-order valence-corrected chi connectivity index (χ4v) is 4.81. The van der Waals surface area contributed by atoms with Crippen LogP contribution < -0.4 is 10.2 Å². The lowest BCUT2D eigenvalue weighted by atomic mass is 9.93. The molecule has 1 unspecified atom stereocenters. The number of hydrogen-bond acceptors (Lipinski definition) is 3. The summed E-state index contributed by atoms with van der Waals surface area (Å²) in [6, 6.07) is 18.1. The summed E-state index contributed by atoms with van der Waals surface area (Å²) in [4.78, 5) is 28.8. The van der Waals surface area contributed by atoms with Gasteiger partial charge in [0.1, 0.15) is 24.3 Å². The largest absolute Gasteiger partial charge is 0.367 e. The third-order valence-electron chi connectivity index (χ3n) is 6.74. The first-order valence-corrected chi connectivity index (χ1v) is 12.7. The van der Waals surface area contributed by atoms with Gasteiger partial charge < -0.3 is 10.1 Å². The van der Waals surface area contributed by atoms with Gasteiger partial charge in [-0.25, -0.2) is 8.78 Å². The molecule has 2 amide bonds. The highest BCUT2D eigenvalue weighted by Crippen LogP contribution is 2.31. The van der Waals surface area contributed by atoms with Gasteiger partial charge in [-0.1, -0.05) is 67.8 Å². The molecule has 4 rings (SSSR count). The van der Waals surface area contributed by atoms with Gasteiger partial charge in [-0.15, -0.1) is 0 Å².